The molecular formula is C15H20N2O2S2. The van der Waals surface area contributed by atoms with Crippen LogP contribution in [0.15, 0.2) is 40.9 Å². The second-order valence-electron chi connectivity index (χ2n) is 4.68. The smallest absolute Gasteiger partial charge is 0.252 e. The molecule has 0 aromatic carbocycles. The number of pyridine rings is 1. The SMILES string of the molecule is CCc1ccc(S(=O)(=O)N(CC)CCc2ccncc2)s1. The molecule has 2 rings (SSSR count). The third-order valence-corrected chi connectivity index (χ3v) is 7.00. The topological polar surface area (TPSA) is 50.3 Å². The van der Waals surface area contributed by atoms with Crippen molar-refractivity contribution in [2.75, 3.05) is 13.1 Å². The number of sulfonamides is 1. The predicted octanol–water partition coefficient (Wildman–Crippen LogP) is 2.96. The van der Waals surface area contributed by atoms with Gasteiger partial charge in [-0.1, -0.05) is 13.8 Å². The molecule has 0 spiro atoms. The molecular weight excluding hydrogens is 304 g/mol. The van der Waals surface area contributed by atoms with E-state index in [1.807, 2.05) is 32.0 Å². The Morgan fingerprint density at radius 3 is 2.43 bits per heavy atom. The summed E-state index contributed by atoms with van der Waals surface area (Å²) < 4.78 is 27.3. The summed E-state index contributed by atoms with van der Waals surface area (Å²) in [6.45, 7) is 4.87. The summed E-state index contributed by atoms with van der Waals surface area (Å²) >= 11 is 1.37. The van der Waals surface area contributed by atoms with Crippen LogP contribution in [0.25, 0.3) is 0 Å². The molecule has 0 bridgehead atoms. The van der Waals surface area contributed by atoms with E-state index in [0.717, 1.165) is 16.9 Å². The van der Waals surface area contributed by atoms with Gasteiger partial charge in [-0.2, -0.15) is 4.31 Å². The molecule has 2 heterocycles. The van der Waals surface area contributed by atoms with Crippen molar-refractivity contribution in [3.8, 4) is 0 Å². The summed E-state index contributed by atoms with van der Waals surface area (Å²) in [5, 5.41) is 0. The van der Waals surface area contributed by atoms with Gasteiger partial charge < -0.3 is 0 Å². The summed E-state index contributed by atoms with van der Waals surface area (Å²) in [5.41, 5.74) is 1.10. The summed E-state index contributed by atoms with van der Waals surface area (Å²) in [4.78, 5) is 5.07. The van der Waals surface area contributed by atoms with Gasteiger partial charge in [0.2, 0.25) is 0 Å². The van der Waals surface area contributed by atoms with E-state index in [0.29, 0.717) is 23.7 Å². The Balaban J connectivity index is 2.12. The molecule has 0 amide bonds. The molecule has 0 atom stereocenters. The maximum Gasteiger partial charge on any atom is 0.252 e. The van der Waals surface area contributed by atoms with Crippen molar-refractivity contribution < 1.29 is 8.42 Å². The quantitative estimate of drug-likeness (QED) is 0.787. The Labute approximate surface area is 130 Å². The average molecular weight is 324 g/mol. The molecule has 0 saturated carbocycles. The van der Waals surface area contributed by atoms with Crippen LogP contribution in [0.5, 0.6) is 0 Å². The first kappa shape index (κ1) is 16.1. The van der Waals surface area contributed by atoms with E-state index in [-0.39, 0.29) is 0 Å². The van der Waals surface area contributed by atoms with Gasteiger partial charge in [-0.25, -0.2) is 8.42 Å². The number of likely N-dealkylation sites (N-methyl/N-ethyl adjacent to an activating group) is 1. The molecule has 0 saturated heterocycles. The number of nitrogens with zero attached hydrogens (tertiary/aromatic N) is 2. The number of aryl methyl sites for hydroxylation is 1. The molecule has 0 aliphatic rings. The molecule has 114 valence electrons. The highest BCUT2D eigenvalue weighted by atomic mass is 32.2. The van der Waals surface area contributed by atoms with Gasteiger partial charge in [0, 0.05) is 30.4 Å². The third-order valence-electron chi connectivity index (χ3n) is 3.33. The minimum Gasteiger partial charge on any atom is -0.265 e. The summed E-state index contributed by atoms with van der Waals surface area (Å²) in [6.07, 6.45) is 5.02. The Hall–Kier alpha value is -1.24. The van der Waals surface area contributed by atoms with Crippen LogP contribution < -0.4 is 0 Å². The molecule has 2 aromatic heterocycles. The van der Waals surface area contributed by atoms with Gasteiger partial charge in [-0.05, 0) is 42.7 Å². The lowest BCUT2D eigenvalue weighted by atomic mass is 10.2. The van der Waals surface area contributed by atoms with Gasteiger partial charge in [0.05, 0.1) is 0 Å². The molecule has 6 heteroatoms. The van der Waals surface area contributed by atoms with Crippen molar-refractivity contribution >= 4 is 21.4 Å². The highest BCUT2D eigenvalue weighted by Crippen LogP contribution is 2.25. The molecule has 0 fully saturated rings. The normalized spacial score (nSPS) is 12.0. The summed E-state index contributed by atoms with van der Waals surface area (Å²) in [5.74, 6) is 0. The number of hydrogen-bond acceptors (Lipinski definition) is 4. The van der Waals surface area contributed by atoms with Crippen LogP contribution in [-0.4, -0.2) is 30.8 Å². The number of hydrogen-bond donors (Lipinski definition) is 0. The van der Waals surface area contributed by atoms with Gasteiger partial charge in [0.1, 0.15) is 4.21 Å². The minimum absolute atomic E-state index is 0.441. The molecule has 0 unspecified atom stereocenters. The molecule has 0 N–H and O–H groups in total. The van der Waals surface area contributed by atoms with E-state index in [4.69, 9.17) is 0 Å². The fourth-order valence-corrected chi connectivity index (χ4v) is 4.97. The fourth-order valence-electron chi connectivity index (χ4n) is 2.07. The van der Waals surface area contributed by atoms with E-state index in [1.54, 1.807) is 22.8 Å². The van der Waals surface area contributed by atoms with E-state index in [1.165, 1.54) is 11.3 Å². The second kappa shape index (κ2) is 7.15. The zero-order valence-electron chi connectivity index (χ0n) is 12.3. The van der Waals surface area contributed by atoms with E-state index in [2.05, 4.69) is 4.98 Å². The Morgan fingerprint density at radius 2 is 1.86 bits per heavy atom. The first-order valence-corrected chi connectivity index (χ1v) is 9.31. The van der Waals surface area contributed by atoms with Crippen LogP contribution in [0.3, 0.4) is 0 Å². The minimum atomic E-state index is -3.37. The van der Waals surface area contributed by atoms with Crippen molar-refractivity contribution in [2.24, 2.45) is 0 Å². The van der Waals surface area contributed by atoms with Gasteiger partial charge in [0.15, 0.2) is 0 Å². The summed E-state index contributed by atoms with van der Waals surface area (Å²) in [7, 11) is -3.37. The third kappa shape index (κ3) is 3.90. The van der Waals surface area contributed by atoms with Crippen molar-refractivity contribution in [1.29, 1.82) is 0 Å². The van der Waals surface area contributed by atoms with Gasteiger partial charge in [-0.15, -0.1) is 11.3 Å². The number of aromatic nitrogens is 1. The lowest BCUT2D eigenvalue weighted by molar-refractivity contribution is 0.432. The molecule has 0 aliphatic heterocycles. The zero-order valence-corrected chi connectivity index (χ0v) is 14.0. The number of thiophene rings is 1. The predicted molar refractivity (Wildman–Crippen MR) is 86.1 cm³/mol. The molecule has 0 aliphatic carbocycles. The van der Waals surface area contributed by atoms with Crippen LogP contribution in [0, 0.1) is 0 Å². The van der Waals surface area contributed by atoms with Crippen LogP contribution >= 0.6 is 11.3 Å². The monoisotopic (exact) mass is 324 g/mol. The van der Waals surface area contributed by atoms with Crippen molar-refractivity contribution in [3.63, 3.8) is 0 Å². The Morgan fingerprint density at radius 1 is 1.14 bits per heavy atom. The highest BCUT2D eigenvalue weighted by Gasteiger charge is 2.24. The lowest BCUT2D eigenvalue weighted by Crippen LogP contribution is -2.32. The van der Waals surface area contributed by atoms with Gasteiger partial charge in [0.25, 0.3) is 10.0 Å². The first-order chi connectivity index (χ1) is 10.1. The van der Waals surface area contributed by atoms with E-state index in [9.17, 15) is 8.42 Å². The molecule has 2 aromatic rings. The number of rotatable bonds is 7. The van der Waals surface area contributed by atoms with Crippen LogP contribution in [0.2, 0.25) is 0 Å². The summed E-state index contributed by atoms with van der Waals surface area (Å²) in [6, 6.07) is 7.45. The zero-order chi connectivity index (χ0) is 15.3. The largest absolute Gasteiger partial charge is 0.265 e. The maximum absolute atomic E-state index is 12.6. The van der Waals surface area contributed by atoms with Crippen LogP contribution in [0.1, 0.15) is 24.3 Å². The first-order valence-electron chi connectivity index (χ1n) is 7.05. The Kier molecular flexibility index (Phi) is 5.50. The van der Waals surface area contributed by atoms with Crippen molar-refractivity contribution in [1.82, 2.24) is 9.29 Å². The molecule has 21 heavy (non-hydrogen) atoms. The lowest BCUT2D eigenvalue weighted by Gasteiger charge is -2.19. The standard InChI is InChI=1S/C15H20N2O2S2/c1-3-14-5-6-15(20-14)21(18,19)17(4-2)12-9-13-7-10-16-11-8-13/h5-8,10-11H,3-4,9,12H2,1-2H3. The van der Waals surface area contributed by atoms with Crippen LogP contribution in [-0.2, 0) is 22.9 Å². The van der Waals surface area contributed by atoms with Gasteiger partial charge in [-0.3, -0.25) is 4.98 Å². The Bertz CT molecular complexity index is 666. The van der Waals surface area contributed by atoms with Crippen molar-refractivity contribution in [2.45, 2.75) is 30.9 Å². The highest BCUT2D eigenvalue weighted by molar-refractivity contribution is 7.91. The molecule has 0 radical (unpaired) electrons. The van der Waals surface area contributed by atoms with Crippen LogP contribution in [0.4, 0.5) is 0 Å². The van der Waals surface area contributed by atoms with Crippen molar-refractivity contribution in [3.05, 3.63) is 47.1 Å². The fraction of sp³-hybridized carbons (Fsp3) is 0.400. The second-order valence-corrected chi connectivity index (χ2v) is 8.01. The average Bonchev–Trinajstić information content (AvgIpc) is 2.98. The molecule has 4 nitrogen and oxygen atoms in total. The van der Waals surface area contributed by atoms with E-state index >= 15 is 0 Å². The maximum atomic E-state index is 12.6. The van der Waals surface area contributed by atoms with Gasteiger partial charge >= 0.3 is 0 Å². The van der Waals surface area contributed by atoms with E-state index < -0.39 is 10.0 Å².